The van der Waals surface area contributed by atoms with Crippen LogP contribution in [0, 0.1) is 0 Å². The summed E-state index contributed by atoms with van der Waals surface area (Å²) in [6.07, 6.45) is 2.42. The number of amides is 2. The summed E-state index contributed by atoms with van der Waals surface area (Å²) in [6.45, 7) is 4.21. The molecule has 9 nitrogen and oxygen atoms in total. The summed E-state index contributed by atoms with van der Waals surface area (Å²) in [5.41, 5.74) is 1.26. The Balaban J connectivity index is 1.64. The van der Waals surface area contributed by atoms with Crippen LogP contribution >= 0.6 is 0 Å². The fourth-order valence-electron chi connectivity index (χ4n) is 4.43. The van der Waals surface area contributed by atoms with Crippen LogP contribution in [0.15, 0.2) is 48.5 Å². The van der Waals surface area contributed by atoms with E-state index in [0.29, 0.717) is 24.3 Å². The van der Waals surface area contributed by atoms with E-state index in [1.165, 1.54) is 32.4 Å². The van der Waals surface area contributed by atoms with Crippen LogP contribution in [0.5, 0.6) is 0 Å². The van der Waals surface area contributed by atoms with E-state index in [9.17, 15) is 19.2 Å². The lowest BCUT2D eigenvalue weighted by Crippen LogP contribution is -2.49. The predicted octanol–water partition coefficient (Wildman–Crippen LogP) is 3.22. The van der Waals surface area contributed by atoms with Crippen molar-refractivity contribution in [3.63, 3.8) is 0 Å². The van der Waals surface area contributed by atoms with E-state index in [2.05, 4.69) is 17.1 Å². The molecule has 0 unspecified atom stereocenters. The molecule has 0 aliphatic carbocycles. The zero-order valence-electron chi connectivity index (χ0n) is 21.0. The van der Waals surface area contributed by atoms with Crippen molar-refractivity contribution in [3.8, 4) is 0 Å². The average Bonchev–Trinajstić information content (AvgIpc) is 2.91. The van der Waals surface area contributed by atoms with E-state index >= 15 is 0 Å². The number of benzene rings is 2. The number of ether oxygens (including phenoxy) is 2. The zero-order valence-corrected chi connectivity index (χ0v) is 21.0. The number of hydrogen-bond donors (Lipinski definition) is 1. The number of nitrogens with zero attached hydrogens (tertiary/aromatic N) is 2. The number of hydrogen-bond acceptors (Lipinski definition) is 7. The molecule has 2 amide bonds. The second-order valence-corrected chi connectivity index (χ2v) is 8.69. The predicted molar refractivity (Wildman–Crippen MR) is 135 cm³/mol. The zero-order chi connectivity index (χ0) is 26.1. The molecular formula is C27H33N3O6. The maximum absolute atomic E-state index is 12.9. The summed E-state index contributed by atoms with van der Waals surface area (Å²) in [7, 11) is 2.49. The molecule has 3 rings (SSSR count). The molecule has 1 N–H and O–H groups in total. The van der Waals surface area contributed by atoms with E-state index < -0.39 is 11.9 Å². The first-order valence-corrected chi connectivity index (χ1v) is 12.1. The molecule has 1 aliphatic heterocycles. The van der Waals surface area contributed by atoms with E-state index in [0.717, 1.165) is 25.8 Å². The van der Waals surface area contributed by atoms with Crippen molar-refractivity contribution < 1.29 is 28.7 Å². The lowest BCUT2D eigenvalue weighted by molar-refractivity contribution is -0.118. The standard InChI is InChI=1S/C27H33N3O6/c1-4-12-30(23-10-13-29(14-11-23)25(32)19-8-6-5-7-9-19)18-24(31)28-22-16-20(26(33)35-2)15-21(17-22)27(34)36-3/h5-9,15-17,23H,4,10-14,18H2,1-3H3,(H,28,31). The van der Waals surface area contributed by atoms with Crippen molar-refractivity contribution in [2.24, 2.45) is 0 Å². The molecule has 36 heavy (non-hydrogen) atoms. The lowest BCUT2D eigenvalue weighted by atomic mass is 10.0. The Morgan fingerprint density at radius 2 is 1.50 bits per heavy atom. The Bertz CT molecular complexity index is 1050. The van der Waals surface area contributed by atoms with Crippen molar-refractivity contribution in [2.75, 3.05) is 45.7 Å². The number of methoxy groups -OCH3 is 2. The van der Waals surface area contributed by atoms with Gasteiger partial charge in [0.05, 0.1) is 31.9 Å². The van der Waals surface area contributed by atoms with E-state index in [1.54, 1.807) is 0 Å². The van der Waals surface area contributed by atoms with Gasteiger partial charge in [-0.15, -0.1) is 0 Å². The average molecular weight is 496 g/mol. The third-order valence-corrected chi connectivity index (χ3v) is 6.21. The highest BCUT2D eigenvalue weighted by atomic mass is 16.5. The van der Waals surface area contributed by atoms with Crippen molar-refractivity contribution in [1.82, 2.24) is 9.80 Å². The summed E-state index contributed by atoms with van der Waals surface area (Å²) in [6, 6.07) is 13.7. The van der Waals surface area contributed by atoms with Gasteiger partial charge in [0, 0.05) is 30.4 Å². The van der Waals surface area contributed by atoms with Crippen LogP contribution in [0.1, 0.15) is 57.3 Å². The van der Waals surface area contributed by atoms with Gasteiger partial charge >= 0.3 is 11.9 Å². The molecule has 0 atom stereocenters. The molecule has 1 fully saturated rings. The molecule has 0 spiro atoms. The first kappa shape index (κ1) is 26.9. The first-order chi connectivity index (χ1) is 17.4. The van der Waals surface area contributed by atoms with E-state index in [1.807, 2.05) is 35.2 Å². The van der Waals surface area contributed by atoms with Crippen LogP contribution in [-0.2, 0) is 14.3 Å². The SMILES string of the molecule is CCCN(CC(=O)Nc1cc(C(=O)OC)cc(C(=O)OC)c1)C1CCN(C(=O)c2ccccc2)CC1. The van der Waals surface area contributed by atoms with Gasteiger partial charge in [0.2, 0.25) is 5.91 Å². The summed E-state index contributed by atoms with van der Waals surface area (Å²) < 4.78 is 9.51. The van der Waals surface area contributed by atoms with Gasteiger partial charge in [0.15, 0.2) is 0 Å². The highest BCUT2D eigenvalue weighted by Gasteiger charge is 2.28. The van der Waals surface area contributed by atoms with E-state index in [4.69, 9.17) is 9.47 Å². The number of carbonyl (C=O) groups excluding carboxylic acids is 4. The van der Waals surface area contributed by atoms with Crippen molar-refractivity contribution in [2.45, 2.75) is 32.2 Å². The van der Waals surface area contributed by atoms with Gasteiger partial charge in [-0.1, -0.05) is 25.1 Å². The largest absolute Gasteiger partial charge is 0.465 e. The normalized spacial score (nSPS) is 13.8. The number of likely N-dealkylation sites (tertiary alicyclic amines) is 1. The molecule has 1 heterocycles. The summed E-state index contributed by atoms with van der Waals surface area (Å²) >= 11 is 0. The minimum atomic E-state index is -0.624. The van der Waals surface area contributed by atoms with Gasteiger partial charge in [-0.05, 0) is 56.1 Å². The number of rotatable bonds is 9. The molecular weight excluding hydrogens is 462 g/mol. The van der Waals surface area contributed by atoms with Gasteiger partial charge in [-0.2, -0.15) is 0 Å². The van der Waals surface area contributed by atoms with Crippen LogP contribution in [0.3, 0.4) is 0 Å². The van der Waals surface area contributed by atoms with Crippen molar-refractivity contribution >= 4 is 29.4 Å². The number of carbonyl (C=O) groups is 4. The van der Waals surface area contributed by atoms with Gasteiger partial charge in [-0.3, -0.25) is 14.5 Å². The fraction of sp³-hybridized carbons (Fsp3) is 0.407. The van der Waals surface area contributed by atoms with Crippen LogP contribution < -0.4 is 5.32 Å². The fourth-order valence-corrected chi connectivity index (χ4v) is 4.43. The van der Waals surface area contributed by atoms with Gasteiger partial charge < -0.3 is 19.7 Å². The third-order valence-electron chi connectivity index (χ3n) is 6.21. The topological polar surface area (TPSA) is 105 Å². The number of piperidine rings is 1. The van der Waals surface area contributed by atoms with Gasteiger partial charge in [-0.25, -0.2) is 9.59 Å². The molecule has 192 valence electrons. The van der Waals surface area contributed by atoms with E-state index in [-0.39, 0.29) is 35.5 Å². The Kier molecular flexibility index (Phi) is 9.58. The molecule has 2 aromatic rings. The molecule has 0 bridgehead atoms. The lowest BCUT2D eigenvalue weighted by Gasteiger charge is -2.38. The smallest absolute Gasteiger partial charge is 0.337 e. The Morgan fingerprint density at radius 3 is 2.03 bits per heavy atom. The molecule has 9 heteroatoms. The maximum atomic E-state index is 12.9. The second kappa shape index (κ2) is 12.8. The number of nitrogens with one attached hydrogen (secondary N) is 1. The molecule has 1 saturated heterocycles. The summed E-state index contributed by atoms with van der Waals surface area (Å²) in [5, 5.41) is 2.80. The van der Waals surface area contributed by atoms with Crippen LogP contribution in [0.25, 0.3) is 0 Å². The monoisotopic (exact) mass is 495 g/mol. The Labute approximate surface area is 211 Å². The van der Waals surface area contributed by atoms with Crippen molar-refractivity contribution in [1.29, 1.82) is 0 Å². The summed E-state index contributed by atoms with van der Waals surface area (Å²) in [4.78, 5) is 53.8. The molecule has 0 radical (unpaired) electrons. The van der Waals surface area contributed by atoms with Crippen LogP contribution in [0.4, 0.5) is 5.69 Å². The Morgan fingerprint density at radius 1 is 0.917 bits per heavy atom. The van der Waals surface area contributed by atoms with Gasteiger partial charge in [0.25, 0.3) is 5.91 Å². The summed E-state index contributed by atoms with van der Waals surface area (Å²) in [5.74, 6) is -1.48. The molecule has 0 saturated carbocycles. The maximum Gasteiger partial charge on any atom is 0.337 e. The number of anilines is 1. The molecule has 2 aromatic carbocycles. The molecule has 0 aromatic heterocycles. The highest BCUT2D eigenvalue weighted by molar-refractivity contribution is 6.00. The number of esters is 2. The quantitative estimate of drug-likeness (QED) is 0.533. The van der Waals surface area contributed by atoms with Crippen molar-refractivity contribution in [3.05, 3.63) is 65.2 Å². The van der Waals surface area contributed by atoms with Crippen LogP contribution in [0.2, 0.25) is 0 Å². The Hall–Kier alpha value is -3.72. The van der Waals surface area contributed by atoms with Crippen LogP contribution in [-0.4, -0.2) is 80.0 Å². The van der Waals surface area contributed by atoms with Gasteiger partial charge in [0.1, 0.15) is 0 Å². The highest BCUT2D eigenvalue weighted by Crippen LogP contribution is 2.20. The third kappa shape index (κ3) is 6.91. The molecule has 1 aliphatic rings. The first-order valence-electron chi connectivity index (χ1n) is 12.1. The second-order valence-electron chi connectivity index (χ2n) is 8.69. The minimum Gasteiger partial charge on any atom is -0.465 e. The minimum absolute atomic E-state index is 0.0285.